The predicted octanol–water partition coefficient (Wildman–Crippen LogP) is 0.963. The highest BCUT2D eigenvalue weighted by Gasteiger charge is 2.23. The van der Waals surface area contributed by atoms with Crippen molar-refractivity contribution >= 4 is 22.4 Å². The van der Waals surface area contributed by atoms with Gasteiger partial charge in [-0.1, -0.05) is 48.6 Å². The number of hydrogen-bond donors (Lipinski definition) is 2. The smallest absolute Gasteiger partial charge is 0.235 e. The van der Waals surface area contributed by atoms with E-state index in [1.54, 1.807) is 0 Å². The van der Waals surface area contributed by atoms with Crippen LogP contribution in [-0.4, -0.2) is 65.2 Å². The maximum absolute atomic E-state index is 12.6. The summed E-state index contributed by atoms with van der Waals surface area (Å²) in [5.74, 6) is -0.00688. The predicted molar refractivity (Wildman–Crippen MR) is 99.3 cm³/mol. The highest BCUT2D eigenvalue weighted by atomic mass is 32.1. The van der Waals surface area contributed by atoms with Crippen LogP contribution in [0, 0.1) is 0 Å². The van der Waals surface area contributed by atoms with E-state index in [0.29, 0.717) is 16.7 Å². The molecular formula is C17H24N6OS. The van der Waals surface area contributed by atoms with Gasteiger partial charge in [0.2, 0.25) is 11.0 Å². The van der Waals surface area contributed by atoms with E-state index >= 15 is 0 Å². The van der Waals surface area contributed by atoms with Crippen LogP contribution in [-0.2, 0) is 4.79 Å². The van der Waals surface area contributed by atoms with Crippen molar-refractivity contribution in [3.8, 4) is 0 Å². The first-order valence-electron chi connectivity index (χ1n) is 8.53. The van der Waals surface area contributed by atoms with Gasteiger partial charge in [0.25, 0.3) is 0 Å². The minimum atomic E-state index is -0.319. The van der Waals surface area contributed by atoms with Crippen molar-refractivity contribution in [1.29, 1.82) is 0 Å². The molecule has 25 heavy (non-hydrogen) atoms. The monoisotopic (exact) mass is 360 g/mol. The molecular weight excluding hydrogens is 336 g/mol. The molecule has 8 heteroatoms. The summed E-state index contributed by atoms with van der Waals surface area (Å²) in [5.41, 5.74) is 6.70. The Labute approximate surface area is 151 Å². The summed E-state index contributed by atoms with van der Waals surface area (Å²) in [4.78, 5) is 17.2. The van der Waals surface area contributed by atoms with Crippen LogP contribution in [0.3, 0.4) is 0 Å². The largest absolute Gasteiger partial charge is 0.374 e. The summed E-state index contributed by atoms with van der Waals surface area (Å²) < 4.78 is 0. The van der Waals surface area contributed by atoms with Gasteiger partial charge in [-0.2, -0.15) is 0 Å². The number of piperazine rings is 1. The molecule has 1 aromatic carbocycles. The number of nitrogens with two attached hydrogens (primary N) is 1. The van der Waals surface area contributed by atoms with E-state index < -0.39 is 0 Å². The molecule has 0 bridgehead atoms. The fourth-order valence-electron chi connectivity index (χ4n) is 2.97. The van der Waals surface area contributed by atoms with Crippen LogP contribution in [0.25, 0.3) is 0 Å². The zero-order valence-electron chi connectivity index (χ0n) is 14.4. The maximum atomic E-state index is 12.6. The minimum Gasteiger partial charge on any atom is -0.374 e. The van der Waals surface area contributed by atoms with E-state index in [-0.39, 0.29) is 11.9 Å². The van der Waals surface area contributed by atoms with Gasteiger partial charge in [-0.05, 0) is 12.1 Å². The molecule has 7 nitrogen and oxygen atoms in total. The van der Waals surface area contributed by atoms with Crippen molar-refractivity contribution in [3.05, 3.63) is 40.9 Å². The summed E-state index contributed by atoms with van der Waals surface area (Å²) in [7, 11) is 0. The lowest BCUT2D eigenvalue weighted by Crippen LogP contribution is -2.49. The molecule has 1 saturated heterocycles. The second kappa shape index (κ2) is 8.37. The number of hydrogen-bond acceptors (Lipinski definition) is 7. The third-order valence-electron chi connectivity index (χ3n) is 4.42. The van der Waals surface area contributed by atoms with Gasteiger partial charge >= 0.3 is 0 Å². The quantitative estimate of drug-likeness (QED) is 0.798. The minimum absolute atomic E-state index is 0.00688. The second-order valence-corrected chi connectivity index (χ2v) is 7.14. The molecule has 1 aromatic heterocycles. The van der Waals surface area contributed by atoms with Crippen LogP contribution in [0.1, 0.15) is 23.5 Å². The number of likely N-dealkylation sites (N-methyl/N-ethyl adjacent to an activating group) is 1. The lowest BCUT2D eigenvalue weighted by atomic mass is 10.1. The van der Waals surface area contributed by atoms with E-state index in [1.165, 1.54) is 11.3 Å². The summed E-state index contributed by atoms with van der Waals surface area (Å²) in [6.45, 7) is 7.49. The molecule has 0 spiro atoms. The van der Waals surface area contributed by atoms with Gasteiger partial charge < -0.3 is 16.0 Å². The SMILES string of the molecule is CCN1CCN(CC(=O)NC(c2ccccc2)c2nnc(N)s2)CC1. The normalized spacial score (nSPS) is 17.3. The fourth-order valence-corrected chi connectivity index (χ4v) is 3.66. The summed E-state index contributed by atoms with van der Waals surface area (Å²) in [5, 5.41) is 12.2. The Kier molecular flexibility index (Phi) is 5.95. The van der Waals surface area contributed by atoms with Crippen molar-refractivity contribution in [2.24, 2.45) is 0 Å². The van der Waals surface area contributed by atoms with Gasteiger partial charge in [-0.25, -0.2) is 0 Å². The number of amides is 1. The van der Waals surface area contributed by atoms with Crippen molar-refractivity contribution < 1.29 is 4.79 Å². The molecule has 0 aliphatic carbocycles. The van der Waals surface area contributed by atoms with Crippen molar-refractivity contribution in [2.75, 3.05) is 45.0 Å². The van der Waals surface area contributed by atoms with E-state index in [0.717, 1.165) is 38.3 Å². The van der Waals surface area contributed by atoms with E-state index in [4.69, 9.17) is 5.73 Å². The standard InChI is InChI=1S/C17H24N6OS/c1-2-22-8-10-23(11-9-22)12-14(24)19-15(13-6-4-3-5-7-13)16-20-21-17(18)25-16/h3-7,15H,2,8-12H2,1H3,(H2,18,21)(H,19,24). The van der Waals surface area contributed by atoms with Gasteiger partial charge in [0.05, 0.1) is 6.54 Å². The van der Waals surface area contributed by atoms with Crippen molar-refractivity contribution in [2.45, 2.75) is 13.0 Å². The first-order valence-corrected chi connectivity index (χ1v) is 9.35. The summed E-state index contributed by atoms with van der Waals surface area (Å²) in [6, 6.07) is 9.47. The molecule has 1 amide bonds. The van der Waals surface area contributed by atoms with Crippen LogP contribution >= 0.6 is 11.3 Å². The summed E-state index contributed by atoms with van der Waals surface area (Å²) >= 11 is 1.30. The van der Waals surface area contributed by atoms with Crippen LogP contribution in [0.15, 0.2) is 30.3 Å². The number of carbonyl (C=O) groups is 1. The number of nitrogens with one attached hydrogen (secondary N) is 1. The number of rotatable bonds is 6. The van der Waals surface area contributed by atoms with E-state index in [1.807, 2.05) is 30.3 Å². The van der Waals surface area contributed by atoms with Gasteiger partial charge in [-0.15, -0.1) is 10.2 Å². The number of nitrogens with zero attached hydrogens (tertiary/aromatic N) is 4. The third-order valence-corrected chi connectivity index (χ3v) is 5.24. The Morgan fingerprint density at radius 1 is 1.20 bits per heavy atom. The Morgan fingerprint density at radius 2 is 1.88 bits per heavy atom. The number of benzene rings is 1. The van der Waals surface area contributed by atoms with Crippen LogP contribution in [0.4, 0.5) is 5.13 Å². The summed E-state index contributed by atoms with van der Waals surface area (Å²) in [6.07, 6.45) is 0. The molecule has 1 aliphatic heterocycles. The Hall–Kier alpha value is -2.03. The van der Waals surface area contributed by atoms with Crippen LogP contribution < -0.4 is 11.1 Å². The lowest BCUT2D eigenvalue weighted by molar-refractivity contribution is -0.123. The van der Waals surface area contributed by atoms with E-state index in [2.05, 4.69) is 32.2 Å². The maximum Gasteiger partial charge on any atom is 0.235 e. The highest BCUT2D eigenvalue weighted by Crippen LogP contribution is 2.25. The fraction of sp³-hybridized carbons (Fsp3) is 0.471. The van der Waals surface area contributed by atoms with E-state index in [9.17, 15) is 4.79 Å². The Morgan fingerprint density at radius 3 is 2.48 bits per heavy atom. The first-order chi connectivity index (χ1) is 12.2. The Balaban J connectivity index is 1.65. The third kappa shape index (κ3) is 4.75. The topological polar surface area (TPSA) is 87.4 Å². The first kappa shape index (κ1) is 17.8. The van der Waals surface area contributed by atoms with Gasteiger partial charge in [0.15, 0.2) is 0 Å². The van der Waals surface area contributed by atoms with Crippen LogP contribution in [0.2, 0.25) is 0 Å². The molecule has 0 radical (unpaired) electrons. The molecule has 1 fully saturated rings. The zero-order valence-corrected chi connectivity index (χ0v) is 15.2. The number of anilines is 1. The molecule has 1 unspecified atom stereocenters. The molecule has 1 aliphatic rings. The number of aromatic nitrogens is 2. The molecule has 134 valence electrons. The number of nitrogen functional groups attached to an aromatic ring is 1. The zero-order chi connectivity index (χ0) is 17.6. The average Bonchev–Trinajstić information content (AvgIpc) is 3.07. The van der Waals surface area contributed by atoms with Gasteiger partial charge in [-0.3, -0.25) is 9.69 Å². The van der Waals surface area contributed by atoms with Crippen LogP contribution in [0.5, 0.6) is 0 Å². The second-order valence-electron chi connectivity index (χ2n) is 6.10. The Bertz CT molecular complexity index is 683. The molecule has 1 atom stereocenters. The van der Waals surface area contributed by atoms with Crippen molar-refractivity contribution in [1.82, 2.24) is 25.3 Å². The molecule has 3 rings (SSSR count). The average molecular weight is 360 g/mol. The molecule has 3 N–H and O–H groups in total. The molecule has 0 saturated carbocycles. The van der Waals surface area contributed by atoms with Crippen molar-refractivity contribution in [3.63, 3.8) is 0 Å². The highest BCUT2D eigenvalue weighted by molar-refractivity contribution is 7.15. The molecule has 2 aromatic rings. The number of carbonyl (C=O) groups excluding carboxylic acids is 1. The van der Waals surface area contributed by atoms with Gasteiger partial charge in [0, 0.05) is 26.2 Å². The lowest BCUT2D eigenvalue weighted by Gasteiger charge is -2.33. The van der Waals surface area contributed by atoms with Gasteiger partial charge in [0.1, 0.15) is 11.0 Å². The molecule has 2 heterocycles.